The van der Waals surface area contributed by atoms with Crippen LogP contribution >= 0.6 is 0 Å². The average molecular weight is 246 g/mol. The molecule has 0 saturated carbocycles. The fourth-order valence-electron chi connectivity index (χ4n) is 1.70. The number of nitriles is 1. The van der Waals surface area contributed by atoms with Crippen LogP contribution in [0, 0.1) is 22.7 Å². The van der Waals surface area contributed by atoms with E-state index in [4.69, 9.17) is 4.74 Å². The summed E-state index contributed by atoms with van der Waals surface area (Å²) in [5.41, 5.74) is 0.942. The molecule has 0 amide bonds. The van der Waals surface area contributed by atoms with Crippen molar-refractivity contribution in [3.05, 3.63) is 24.3 Å². The van der Waals surface area contributed by atoms with Crippen molar-refractivity contribution in [3.8, 4) is 11.8 Å². The summed E-state index contributed by atoms with van der Waals surface area (Å²) in [4.78, 5) is 0. The minimum atomic E-state index is -0.235. The van der Waals surface area contributed by atoms with Gasteiger partial charge >= 0.3 is 0 Å². The standard InChI is InChI=1S/C15H22N2O/c1-11(15(2,3)4)13(10-16)17-12-8-6-7-9-14(12)18-5/h6-9,11,13,17H,1-5H3. The van der Waals surface area contributed by atoms with E-state index in [2.05, 4.69) is 39.1 Å². The van der Waals surface area contributed by atoms with Crippen LogP contribution in [0.15, 0.2) is 24.3 Å². The normalized spacial score (nSPS) is 14.4. The van der Waals surface area contributed by atoms with Gasteiger partial charge < -0.3 is 10.1 Å². The Morgan fingerprint density at radius 2 is 1.89 bits per heavy atom. The average Bonchev–Trinajstić information content (AvgIpc) is 2.34. The Labute approximate surface area is 110 Å². The molecule has 0 heterocycles. The summed E-state index contributed by atoms with van der Waals surface area (Å²) in [7, 11) is 1.63. The van der Waals surface area contributed by atoms with Gasteiger partial charge in [0.05, 0.1) is 18.9 Å². The van der Waals surface area contributed by atoms with Gasteiger partial charge in [-0.05, 0) is 23.5 Å². The predicted molar refractivity (Wildman–Crippen MR) is 74.6 cm³/mol. The molecule has 0 aromatic heterocycles. The van der Waals surface area contributed by atoms with E-state index in [1.807, 2.05) is 24.3 Å². The lowest BCUT2D eigenvalue weighted by molar-refractivity contribution is 0.252. The van der Waals surface area contributed by atoms with E-state index in [1.54, 1.807) is 7.11 Å². The fraction of sp³-hybridized carbons (Fsp3) is 0.533. The maximum atomic E-state index is 9.33. The quantitative estimate of drug-likeness (QED) is 0.881. The van der Waals surface area contributed by atoms with Crippen molar-refractivity contribution in [2.45, 2.75) is 33.7 Å². The number of rotatable bonds is 4. The lowest BCUT2D eigenvalue weighted by Crippen LogP contribution is -2.34. The number of ether oxygens (including phenoxy) is 1. The molecule has 18 heavy (non-hydrogen) atoms. The Kier molecular flexibility index (Phi) is 4.61. The highest BCUT2D eigenvalue weighted by atomic mass is 16.5. The number of nitrogens with one attached hydrogen (secondary N) is 1. The highest BCUT2D eigenvalue weighted by Gasteiger charge is 2.28. The molecule has 0 saturated heterocycles. The van der Waals surface area contributed by atoms with Crippen LogP contribution in [0.3, 0.4) is 0 Å². The smallest absolute Gasteiger partial charge is 0.141 e. The summed E-state index contributed by atoms with van der Waals surface area (Å²) in [5, 5.41) is 12.6. The minimum Gasteiger partial charge on any atom is -0.495 e. The highest BCUT2D eigenvalue weighted by molar-refractivity contribution is 5.57. The van der Waals surface area contributed by atoms with Crippen molar-refractivity contribution in [1.82, 2.24) is 0 Å². The second-order valence-electron chi connectivity index (χ2n) is 5.61. The molecule has 98 valence electrons. The lowest BCUT2D eigenvalue weighted by atomic mass is 9.78. The second kappa shape index (κ2) is 5.77. The fourth-order valence-corrected chi connectivity index (χ4v) is 1.70. The molecule has 3 nitrogen and oxygen atoms in total. The molecule has 0 radical (unpaired) electrons. The number of hydrogen-bond donors (Lipinski definition) is 1. The number of nitrogens with zero attached hydrogens (tertiary/aromatic N) is 1. The molecular weight excluding hydrogens is 224 g/mol. The van der Waals surface area contributed by atoms with E-state index in [1.165, 1.54) is 0 Å². The van der Waals surface area contributed by atoms with Crippen molar-refractivity contribution in [2.75, 3.05) is 12.4 Å². The van der Waals surface area contributed by atoms with Gasteiger partial charge in [0.1, 0.15) is 11.8 Å². The third-order valence-electron chi connectivity index (χ3n) is 3.42. The first-order valence-electron chi connectivity index (χ1n) is 6.19. The molecule has 1 aromatic rings. The zero-order chi connectivity index (χ0) is 13.8. The molecule has 1 rings (SSSR count). The van der Waals surface area contributed by atoms with Gasteiger partial charge in [-0.15, -0.1) is 0 Å². The molecule has 3 heteroatoms. The van der Waals surface area contributed by atoms with Crippen molar-refractivity contribution < 1.29 is 4.74 Å². The molecule has 2 atom stereocenters. The van der Waals surface area contributed by atoms with Gasteiger partial charge in [0.25, 0.3) is 0 Å². The van der Waals surface area contributed by atoms with Crippen molar-refractivity contribution in [1.29, 1.82) is 5.26 Å². The van der Waals surface area contributed by atoms with E-state index < -0.39 is 0 Å². The summed E-state index contributed by atoms with van der Waals surface area (Å²) in [6.07, 6.45) is 0. The monoisotopic (exact) mass is 246 g/mol. The molecule has 0 bridgehead atoms. The first-order valence-corrected chi connectivity index (χ1v) is 6.19. The van der Waals surface area contributed by atoms with Crippen LogP contribution in [0.25, 0.3) is 0 Å². The number of para-hydroxylation sites is 2. The summed E-state index contributed by atoms with van der Waals surface area (Å²) in [6, 6.07) is 9.77. The molecule has 0 aliphatic heterocycles. The molecule has 2 unspecified atom stereocenters. The Morgan fingerprint density at radius 1 is 1.28 bits per heavy atom. The Hall–Kier alpha value is -1.69. The molecule has 0 fully saturated rings. The van der Waals surface area contributed by atoms with E-state index >= 15 is 0 Å². The Balaban J connectivity index is 2.91. The molecular formula is C15H22N2O. The van der Waals surface area contributed by atoms with E-state index in [9.17, 15) is 5.26 Å². The molecule has 0 spiro atoms. The van der Waals surface area contributed by atoms with E-state index in [0.717, 1.165) is 11.4 Å². The number of methoxy groups -OCH3 is 1. The second-order valence-corrected chi connectivity index (χ2v) is 5.61. The largest absolute Gasteiger partial charge is 0.495 e. The summed E-state index contributed by atoms with van der Waals surface area (Å²) < 4.78 is 5.28. The lowest BCUT2D eigenvalue weighted by Gasteiger charge is -2.31. The first-order chi connectivity index (χ1) is 8.40. The Bertz CT molecular complexity index is 429. The zero-order valence-electron chi connectivity index (χ0n) is 11.8. The maximum Gasteiger partial charge on any atom is 0.141 e. The van der Waals surface area contributed by atoms with Gasteiger partial charge in [-0.1, -0.05) is 39.8 Å². The van der Waals surface area contributed by atoms with Gasteiger partial charge in [-0.3, -0.25) is 0 Å². The van der Waals surface area contributed by atoms with Crippen molar-refractivity contribution in [2.24, 2.45) is 11.3 Å². The topological polar surface area (TPSA) is 45.0 Å². The van der Waals surface area contributed by atoms with Gasteiger partial charge in [0.15, 0.2) is 0 Å². The van der Waals surface area contributed by atoms with Crippen LogP contribution in [-0.4, -0.2) is 13.2 Å². The Morgan fingerprint density at radius 3 is 2.39 bits per heavy atom. The van der Waals surface area contributed by atoms with Crippen LogP contribution < -0.4 is 10.1 Å². The molecule has 1 aromatic carbocycles. The van der Waals surface area contributed by atoms with E-state index in [-0.39, 0.29) is 17.4 Å². The van der Waals surface area contributed by atoms with Crippen molar-refractivity contribution in [3.63, 3.8) is 0 Å². The van der Waals surface area contributed by atoms with Gasteiger partial charge in [-0.25, -0.2) is 0 Å². The molecule has 0 aliphatic rings. The predicted octanol–water partition coefficient (Wildman–Crippen LogP) is 3.68. The van der Waals surface area contributed by atoms with Gasteiger partial charge in [-0.2, -0.15) is 5.26 Å². The minimum absolute atomic E-state index is 0.0788. The van der Waals surface area contributed by atoms with E-state index in [0.29, 0.717) is 0 Å². The van der Waals surface area contributed by atoms with Crippen LogP contribution in [0.1, 0.15) is 27.7 Å². The summed E-state index contributed by atoms with van der Waals surface area (Å²) >= 11 is 0. The summed E-state index contributed by atoms with van der Waals surface area (Å²) in [6.45, 7) is 8.53. The molecule has 0 aliphatic carbocycles. The highest BCUT2D eigenvalue weighted by Crippen LogP contribution is 2.31. The third kappa shape index (κ3) is 3.40. The summed E-state index contributed by atoms with van der Waals surface area (Å²) in [5.74, 6) is 0.992. The number of benzene rings is 1. The van der Waals surface area contributed by atoms with Crippen LogP contribution in [0.4, 0.5) is 5.69 Å². The SMILES string of the molecule is COc1ccccc1NC(C#N)C(C)C(C)(C)C. The van der Waals surface area contributed by atoms with Crippen molar-refractivity contribution >= 4 is 5.69 Å². The van der Waals surface area contributed by atoms with Crippen LogP contribution in [-0.2, 0) is 0 Å². The molecule has 1 N–H and O–H groups in total. The number of hydrogen-bond acceptors (Lipinski definition) is 3. The third-order valence-corrected chi connectivity index (χ3v) is 3.42. The van der Waals surface area contributed by atoms with Crippen LogP contribution in [0.2, 0.25) is 0 Å². The first kappa shape index (κ1) is 14.4. The number of anilines is 1. The van der Waals surface area contributed by atoms with Crippen LogP contribution in [0.5, 0.6) is 5.75 Å². The zero-order valence-corrected chi connectivity index (χ0v) is 11.8. The maximum absolute atomic E-state index is 9.33. The van der Waals surface area contributed by atoms with Gasteiger partial charge in [0.2, 0.25) is 0 Å². The van der Waals surface area contributed by atoms with Gasteiger partial charge in [0, 0.05) is 0 Å².